The normalized spacial score (nSPS) is 13.0. The molecule has 0 fully saturated rings. The van der Waals surface area contributed by atoms with Crippen molar-refractivity contribution in [1.29, 1.82) is 0 Å². The van der Waals surface area contributed by atoms with Crippen LogP contribution in [-0.2, 0) is 24.1 Å². The fourth-order valence-corrected chi connectivity index (χ4v) is 2.54. The van der Waals surface area contributed by atoms with E-state index < -0.39 is 0 Å². The molecule has 98 valence electrons. The molecule has 3 N–H and O–H groups in total. The summed E-state index contributed by atoms with van der Waals surface area (Å²) in [5.74, 6) is 5.51. The van der Waals surface area contributed by atoms with E-state index in [2.05, 4.69) is 40.3 Å². The minimum atomic E-state index is 0.100. The molecule has 1 atom stereocenters. The molecular formula is C11H21BrN4O. The van der Waals surface area contributed by atoms with Crippen LogP contribution in [0, 0.1) is 0 Å². The van der Waals surface area contributed by atoms with E-state index in [0.717, 1.165) is 29.6 Å². The molecule has 1 heterocycles. The largest absolute Gasteiger partial charge is 0.383 e. The van der Waals surface area contributed by atoms with E-state index >= 15 is 0 Å². The number of rotatable bonds is 7. The lowest BCUT2D eigenvalue weighted by Gasteiger charge is -2.15. The molecule has 0 aliphatic carbocycles. The van der Waals surface area contributed by atoms with Crippen molar-refractivity contribution in [1.82, 2.24) is 15.2 Å². The second kappa shape index (κ2) is 7.10. The Morgan fingerprint density at radius 2 is 2.24 bits per heavy atom. The van der Waals surface area contributed by atoms with Crippen LogP contribution >= 0.6 is 15.9 Å². The molecule has 1 rings (SSSR count). The second-order valence-corrected chi connectivity index (χ2v) is 4.69. The third kappa shape index (κ3) is 3.51. The number of nitrogens with one attached hydrogen (secondary N) is 1. The van der Waals surface area contributed by atoms with Crippen LogP contribution in [0.4, 0.5) is 0 Å². The van der Waals surface area contributed by atoms with Gasteiger partial charge in [-0.25, -0.2) is 0 Å². The predicted molar refractivity (Wildman–Crippen MR) is 71.7 cm³/mol. The first-order valence-corrected chi connectivity index (χ1v) is 6.66. The lowest BCUT2D eigenvalue weighted by atomic mass is 10.1. The average molecular weight is 305 g/mol. The summed E-state index contributed by atoms with van der Waals surface area (Å²) in [7, 11) is 1.67. The highest BCUT2D eigenvalue weighted by Gasteiger charge is 2.17. The standard InChI is InChI=1S/C11H21BrN4O/c1-4-9-11(12)10(16(5-2)15-9)6-8(14-13)7-17-3/h8,14H,4-7,13H2,1-3H3. The highest BCUT2D eigenvalue weighted by atomic mass is 79.9. The van der Waals surface area contributed by atoms with Crippen LogP contribution in [0.5, 0.6) is 0 Å². The highest BCUT2D eigenvalue weighted by Crippen LogP contribution is 2.23. The number of hydrogen-bond donors (Lipinski definition) is 2. The summed E-state index contributed by atoms with van der Waals surface area (Å²) >= 11 is 3.62. The number of ether oxygens (including phenoxy) is 1. The van der Waals surface area contributed by atoms with Gasteiger partial charge >= 0.3 is 0 Å². The van der Waals surface area contributed by atoms with Gasteiger partial charge in [-0.3, -0.25) is 16.0 Å². The van der Waals surface area contributed by atoms with Gasteiger partial charge in [0.25, 0.3) is 0 Å². The van der Waals surface area contributed by atoms with Crippen molar-refractivity contribution in [2.24, 2.45) is 5.84 Å². The summed E-state index contributed by atoms with van der Waals surface area (Å²) in [6.07, 6.45) is 1.72. The summed E-state index contributed by atoms with van der Waals surface area (Å²) < 4.78 is 8.24. The van der Waals surface area contributed by atoms with E-state index in [4.69, 9.17) is 10.6 Å². The fraction of sp³-hybridized carbons (Fsp3) is 0.727. The second-order valence-electron chi connectivity index (χ2n) is 3.90. The summed E-state index contributed by atoms with van der Waals surface area (Å²) in [6, 6.07) is 0.100. The minimum absolute atomic E-state index is 0.100. The molecule has 1 aromatic heterocycles. The van der Waals surface area contributed by atoms with Gasteiger partial charge in [-0.1, -0.05) is 6.92 Å². The molecule has 0 saturated carbocycles. The van der Waals surface area contributed by atoms with Gasteiger partial charge in [0.2, 0.25) is 0 Å². The number of methoxy groups -OCH3 is 1. The van der Waals surface area contributed by atoms with E-state index in [1.165, 1.54) is 5.69 Å². The quantitative estimate of drug-likeness (QED) is 0.588. The molecule has 0 radical (unpaired) electrons. The Kier molecular flexibility index (Phi) is 6.11. The fourth-order valence-electron chi connectivity index (χ4n) is 1.81. The maximum Gasteiger partial charge on any atom is 0.0766 e. The molecule has 0 spiro atoms. The number of halogens is 1. The van der Waals surface area contributed by atoms with Crippen LogP contribution in [0.3, 0.4) is 0 Å². The Bertz CT molecular complexity index is 353. The van der Waals surface area contributed by atoms with Crippen molar-refractivity contribution < 1.29 is 4.74 Å². The van der Waals surface area contributed by atoms with E-state index in [9.17, 15) is 0 Å². The molecular weight excluding hydrogens is 284 g/mol. The van der Waals surface area contributed by atoms with Crippen LogP contribution < -0.4 is 11.3 Å². The summed E-state index contributed by atoms with van der Waals surface area (Å²) in [6.45, 7) is 5.63. The minimum Gasteiger partial charge on any atom is -0.383 e. The SMILES string of the molecule is CCc1nn(CC)c(CC(COC)NN)c1Br. The van der Waals surface area contributed by atoms with Gasteiger partial charge in [0.05, 0.1) is 22.5 Å². The average Bonchev–Trinajstić information content (AvgIpc) is 2.65. The van der Waals surface area contributed by atoms with Gasteiger partial charge in [0.1, 0.15) is 0 Å². The molecule has 5 nitrogen and oxygen atoms in total. The number of nitrogens with two attached hydrogens (primary N) is 1. The molecule has 0 bridgehead atoms. The number of hydrazine groups is 1. The van der Waals surface area contributed by atoms with Crippen LogP contribution in [0.15, 0.2) is 4.47 Å². The van der Waals surface area contributed by atoms with Gasteiger partial charge in [-0.2, -0.15) is 5.10 Å². The Hall–Kier alpha value is -0.430. The maximum atomic E-state index is 5.51. The molecule has 0 aromatic carbocycles. The molecule has 0 aliphatic rings. The van der Waals surface area contributed by atoms with E-state index in [1.807, 2.05) is 4.68 Å². The van der Waals surface area contributed by atoms with Gasteiger partial charge in [-0.05, 0) is 29.3 Å². The first-order chi connectivity index (χ1) is 8.17. The van der Waals surface area contributed by atoms with Crippen LogP contribution in [0.2, 0.25) is 0 Å². The molecule has 1 aromatic rings. The van der Waals surface area contributed by atoms with Crippen molar-refractivity contribution in [3.05, 3.63) is 15.9 Å². The first kappa shape index (κ1) is 14.6. The van der Waals surface area contributed by atoms with Crippen LogP contribution in [0.25, 0.3) is 0 Å². The van der Waals surface area contributed by atoms with Crippen molar-refractivity contribution >= 4 is 15.9 Å². The van der Waals surface area contributed by atoms with Crippen molar-refractivity contribution in [2.75, 3.05) is 13.7 Å². The lowest BCUT2D eigenvalue weighted by Crippen LogP contribution is -2.40. The van der Waals surface area contributed by atoms with Gasteiger partial charge in [0.15, 0.2) is 0 Å². The number of aryl methyl sites for hydroxylation is 2. The van der Waals surface area contributed by atoms with Gasteiger partial charge < -0.3 is 4.74 Å². The van der Waals surface area contributed by atoms with Crippen molar-refractivity contribution in [3.8, 4) is 0 Å². The van der Waals surface area contributed by atoms with Crippen molar-refractivity contribution in [2.45, 2.75) is 39.3 Å². The topological polar surface area (TPSA) is 65.1 Å². The number of aromatic nitrogens is 2. The van der Waals surface area contributed by atoms with Gasteiger partial charge in [0, 0.05) is 26.1 Å². The van der Waals surface area contributed by atoms with Crippen LogP contribution in [0.1, 0.15) is 25.2 Å². The molecule has 17 heavy (non-hydrogen) atoms. The Morgan fingerprint density at radius 1 is 1.53 bits per heavy atom. The summed E-state index contributed by atoms with van der Waals surface area (Å²) in [5.41, 5.74) is 5.03. The Morgan fingerprint density at radius 3 is 2.71 bits per heavy atom. The Balaban J connectivity index is 2.91. The summed E-state index contributed by atoms with van der Waals surface area (Å²) in [4.78, 5) is 0. The smallest absolute Gasteiger partial charge is 0.0766 e. The van der Waals surface area contributed by atoms with E-state index in [-0.39, 0.29) is 6.04 Å². The molecule has 6 heteroatoms. The lowest BCUT2D eigenvalue weighted by molar-refractivity contribution is 0.165. The first-order valence-electron chi connectivity index (χ1n) is 5.86. The maximum absolute atomic E-state index is 5.51. The number of hydrogen-bond acceptors (Lipinski definition) is 4. The van der Waals surface area contributed by atoms with E-state index in [1.54, 1.807) is 7.11 Å². The van der Waals surface area contributed by atoms with Crippen molar-refractivity contribution in [3.63, 3.8) is 0 Å². The highest BCUT2D eigenvalue weighted by molar-refractivity contribution is 9.10. The molecule has 0 aliphatic heterocycles. The zero-order valence-corrected chi connectivity index (χ0v) is 12.2. The zero-order valence-electron chi connectivity index (χ0n) is 10.7. The third-order valence-corrected chi connectivity index (χ3v) is 3.65. The van der Waals surface area contributed by atoms with Gasteiger partial charge in [-0.15, -0.1) is 0 Å². The molecule has 0 amide bonds. The number of nitrogens with zero attached hydrogens (tertiary/aromatic N) is 2. The summed E-state index contributed by atoms with van der Waals surface area (Å²) in [5, 5.41) is 4.55. The van der Waals surface area contributed by atoms with Crippen LogP contribution in [-0.4, -0.2) is 29.5 Å². The third-order valence-electron chi connectivity index (χ3n) is 2.74. The van der Waals surface area contributed by atoms with E-state index in [0.29, 0.717) is 6.61 Å². The molecule has 1 unspecified atom stereocenters. The monoisotopic (exact) mass is 304 g/mol. The Labute approximate surface area is 111 Å². The molecule has 0 saturated heterocycles. The zero-order chi connectivity index (χ0) is 12.8. The predicted octanol–water partition coefficient (Wildman–Crippen LogP) is 1.25.